The summed E-state index contributed by atoms with van der Waals surface area (Å²) in [6, 6.07) is 7.22. The molecule has 2 rings (SSSR count). The predicted molar refractivity (Wildman–Crippen MR) is 87.4 cm³/mol. The first-order valence-electron chi connectivity index (χ1n) is 6.96. The quantitative estimate of drug-likeness (QED) is 0.901. The van der Waals surface area contributed by atoms with Gasteiger partial charge in [0.25, 0.3) is 5.91 Å². The summed E-state index contributed by atoms with van der Waals surface area (Å²) < 4.78 is 5.68. The molecule has 0 bridgehead atoms. The van der Waals surface area contributed by atoms with Crippen molar-refractivity contribution in [3.63, 3.8) is 0 Å². The van der Waals surface area contributed by atoms with Gasteiger partial charge in [-0.05, 0) is 45.0 Å². The number of nitrogens with zero attached hydrogens (tertiary/aromatic N) is 1. The molecule has 2 unspecified atom stereocenters. The van der Waals surface area contributed by atoms with Gasteiger partial charge < -0.3 is 15.0 Å². The van der Waals surface area contributed by atoms with Gasteiger partial charge in [0.15, 0.2) is 6.10 Å². The molecule has 2 atom stereocenters. The van der Waals surface area contributed by atoms with Crippen LogP contribution in [0.25, 0.3) is 0 Å². The lowest BCUT2D eigenvalue weighted by atomic mass is 10.1. The van der Waals surface area contributed by atoms with Crippen molar-refractivity contribution in [3.05, 3.63) is 29.3 Å². The van der Waals surface area contributed by atoms with Crippen molar-refractivity contribution in [2.24, 2.45) is 5.92 Å². The lowest BCUT2D eigenvalue weighted by molar-refractivity contribution is -0.136. The second-order valence-electron chi connectivity index (χ2n) is 5.19. The van der Waals surface area contributed by atoms with Gasteiger partial charge in [-0.15, -0.1) is 12.4 Å². The van der Waals surface area contributed by atoms with Gasteiger partial charge in [-0.2, -0.15) is 0 Å². The van der Waals surface area contributed by atoms with E-state index in [0.717, 1.165) is 26.1 Å². The van der Waals surface area contributed by atoms with E-state index in [1.54, 1.807) is 19.1 Å². The number of nitrogens with one attached hydrogen (secondary N) is 1. The van der Waals surface area contributed by atoms with Gasteiger partial charge in [0.2, 0.25) is 0 Å². The Hall–Kier alpha value is -0.970. The number of carbonyl (C=O) groups is 1. The lowest BCUT2D eigenvalue weighted by Gasteiger charge is -2.22. The number of rotatable bonds is 5. The van der Waals surface area contributed by atoms with E-state index >= 15 is 0 Å². The maximum atomic E-state index is 12.3. The van der Waals surface area contributed by atoms with Crippen LogP contribution in [-0.2, 0) is 4.79 Å². The van der Waals surface area contributed by atoms with E-state index in [9.17, 15) is 4.79 Å². The molecule has 6 heteroatoms. The number of ether oxygens (including phenoxy) is 1. The van der Waals surface area contributed by atoms with E-state index < -0.39 is 6.10 Å². The van der Waals surface area contributed by atoms with Crippen molar-refractivity contribution in [3.8, 4) is 5.75 Å². The average Bonchev–Trinajstić information content (AvgIpc) is 2.89. The molecule has 1 aliphatic heterocycles. The number of likely N-dealkylation sites (tertiary alicyclic amines) is 1. The summed E-state index contributed by atoms with van der Waals surface area (Å²) in [5.41, 5.74) is 0. The fraction of sp³-hybridized carbons (Fsp3) is 0.533. The Morgan fingerprint density at radius 3 is 2.90 bits per heavy atom. The largest absolute Gasteiger partial charge is 0.479 e. The third-order valence-corrected chi connectivity index (χ3v) is 3.89. The molecule has 4 nitrogen and oxygen atoms in total. The second-order valence-corrected chi connectivity index (χ2v) is 5.59. The molecule has 0 spiro atoms. The Labute approximate surface area is 137 Å². The summed E-state index contributed by atoms with van der Waals surface area (Å²) in [7, 11) is 1.94. The molecule has 0 saturated carbocycles. The molecule has 118 valence electrons. The molecular weight excluding hydrogens is 311 g/mol. The van der Waals surface area contributed by atoms with Crippen LogP contribution >= 0.6 is 24.0 Å². The number of hydrogen-bond donors (Lipinski definition) is 1. The van der Waals surface area contributed by atoms with Crippen molar-refractivity contribution < 1.29 is 9.53 Å². The van der Waals surface area contributed by atoms with Crippen LogP contribution in [0, 0.1) is 5.92 Å². The van der Waals surface area contributed by atoms with Gasteiger partial charge >= 0.3 is 0 Å². The van der Waals surface area contributed by atoms with Crippen LogP contribution in [0.15, 0.2) is 24.3 Å². The van der Waals surface area contributed by atoms with E-state index in [1.165, 1.54) is 0 Å². The second kappa shape index (κ2) is 8.47. The molecule has 1 aliphatic rings. The van der Waals surface area contributed by atoms with Crippen molar-refractivity contribution in [1.82, 2.24) is 10.2 Å². The third-order valence-electron chi connectivity index (χ3n) is 3.58. The minimum Gasteiger partial charge on any atom is -0.479 e. The zero-order valence-electron chi connectivity index (χ0n) is 12.3. The van der Waals surface area contributed by atoms with Crippen LogP contribution in [0.5, 0.6) is 5.75 Å². The zero-order valence-corrected chi connectivity index (χ0v) is 13.9. The smallest absolute Gasteiger partial charge is 0.263 e. The van der Waals surface area contributed by atoms with Gasteiger partial charge in [0, 0.05) is 13.1 Å². The fourth-order valence-corrected chi connectivity index (χ4v) is 2.71. The van der Waals surface area contributed by atoms with E-state index in [0.29, 0.717) is 16.7 Å². The monoisotopic (exact) mass is 332 g/mol. The maximum absolute atomic E-state index is 12.3. The summed E-state index contributed by atoms with van der Waals surface area (Å²) in [4.78, 5) is 14.2. The highest BCUT2D eigenvalue weighted by Gasteiger charge is 2.29. The van der Waals surface area contributed by atoms with Crippen LogP contribution in [-0.4, -0.2) is 43.6 Å². The Kier molecular flexibility index (Phi) is 7.29. The molecule has 0 aliphatic carbocycles. The standard InChI is InChI=1S/C15H21ClN2O2.ClH/c1-11(20-14-6-4-3-5-13(14)16)15(19)18-8-7-12(10-18)9-17-2;/h3-6,11-12,17H,7-10H2,1-2H3;1H. The van der Waals surface area contributed by atoms with E-state index in [1.807, 2.05) is 24.1 Å². The van der Waals surface area contributed by atoms with Crippen LogP contribution < -0.4 is 10.1 Å². The number of amides is 1. The summed E-state index contributed by atoms with van der Waals surface area (Å²) in [6.07, 6.45) is 0.536. The fourth-order valence-electron chi connectivity index (χ4n) is 2.53. The summed E-state index contributed by atoms with van der Waals surface area (Å²) >= 11 is 6.04. The van der Waals surface area contributed by atoms with Crippen molar-refractivity contribution in [1.29, 1.82) is 0 Å². The van der Waals surface area contributed by atoms with Gasteiger partial charge in [-0.25, -0.2) is 0 Å². The Morgan fingerprint density at radius 2 is 2.24 bits per heavy atom. The molecule has 1 heterocycles. The summed E-state index contributed by atoms with van der Waals surface area (Å²) in [5.74, 6) is 1.13. The maximum Gasteiger partial charge on any atom is 0.263 e. The van der Waals surface area contributed by atoms with Gasteiger partial charge in [-0.1, -0.05) is 23.7 Å². The molecule has 1 aromatic rings. The molecule has 0 aromatic heterocycles. The molecule has 1 N–H and O–H groups in total. The topological polar surface area (TPSA) is 41.6 Å². The first kappa shape index (κ1) is 18.1. The number of carbonyl (C=O) groups excluding carboxylic acids is 1. The highest BCUT2D eigenvalue weighted by molar-refractivity contribution is 6.32. The van der Waals surface area contributed by atoms with Gasteiger partial charge in [0.1, 0.15) is 5.75 Å². The van der Waals surface area contributed by atoms with E-state index in [2.05, 4.69) is 5.32 Å². The number of para-hydroxylation sites is 1. The first-order chi connectivity index (χ1) is 9.61. The van der Waals surface area contributed by atoms with Crippen LogP contribution in [0.1, 0.15) is 13.3 Å². The summed E-state index contributed by atoms with van der Waals surface area (Å²) in [5, 5.41) is 3.69. The number of hydrogen-bond acceptors (Lipinski definition) is 3. The van der Waals surface area contributed by atoms with E-state index in [4.69, 9.17) is 16.3 Å². The van der Waals surface area contributed by atoms with Crippen molar-refractivity contribution in [2.45, 2.75) is 19.4 Å². The van der Waals surface area contributed by atoms with Gasteiger partial charge in [0.05, 0.1) is 5.02 Å². The van der Waals surface area contributed by atoms with Crippen LogP contribution in [0.4, 0.5) is 0 Å². The lowest BCUT2D eigenvalue weighted by Crippen LogP contribution is -2.39. The molecule has 1 amide bonds. The summed E-state index contributed by atoms with van der Waals surface area (Å²) in [6.45, 7) is 4.33. The molecular formula is C15H22Cl2N2O2. The third kappa shape index (κ3) is 4.77. The molecule has 21 heavy (non-hydrogen) atoms. The molecule has 1 aromatic carbocycles. The normalized spacial score (nSPS) is 19.0. The first-order valence-corrected chi connectivity index (χ1v) is 7.34. The Bertz CT molecular complexity index is 471. The SMILES string of the molecule is CNCC1CCN(C(=O)C(C)Oc2ccccc2Cl)C1.Cl. The van der Waals surface area contributed by atoms with Crippen LogP contribution in [0.3, 0.4) is 0 Å². The number of benzene rings is 1. The predicted octanol–water partition coefficient (Wildman–Crippen LogP) is 2.60. The molecule has 1 saturated heterocycles. The number of halogens is 2. The Morgan fingerprint density at radius 1 is 1.52 bits per heavy atom. The Balaban J connectivity index is 0.00000220. The molecule has 0 radical (unpaired) electrons. The van der Waals surface area contributed by atoms with Crippen molar-refractivity contribution in [2.75, 3.05) is 26.7 Å². The average molecular weight is 333 g/mol. The van der Waals surface area contributed by atoms with Crippen molar-refractivity contribution >= 4 is 29.9 Å². The minimum atomic E-state index is -0.511. The highest BCUT2D eigenvalue weighted by Crippen LogP contribution is 2.25. The minimum absolute atomic E-state index is 0. The van der Waals surface area contributed by atoms with Gasteiger partial charge in [-0.3, -0.25) is 4.79 Å². The van der Waals surface area contributed by atoms with Crippen LogP contribution in [0.2, 0.25) is 5.02 Å². The molecule has 1 fully saturated rings. The zero-order chi connectivity index (χ0) is 14.5. The highest BCUT2D eigenvalue weighted by atomic mass is 35.5. The van der Waals surface area contributed by atoms with E-state index in [-0.39, 0.29) is 18.3 Å².